The van der Waals surface area contributed by atoms with E-state index in [-0.39, 0.29) is 11.9 Å². The van der Waals surface area contributed by atoms with Gasteiger partial charge in [0.05, 0.1) is 6.21 Å². The lowest BCUT2D eigenvalue weighted by Gasteiger charge is -2.10. The van der Waals surface area contributed by atoms with Crippen molar-refractivity contribution in [2.45, 2.75) is 13.8 Å². The monoisotopic (exact) mass is 443 g/mol. The minimum absolute atomic E-state index is 0.296. The van der Waals surface area contributed by atoms with Gasteiger partial charge in [0.1, 0.15) is 10.6 Å². The van der Waals surface area contributed by atoms with E-state index in [0.29, 0.717) is 16.2 Å². The Bertz CT molecular complexity index is 1240. The zero-order valence-electron chi connectivity index (χ0n) is 17.6. The predicted molar refractivity (Wildman–Crippen MR) is 126 cm³/mol. The minimum atomic E-state index is -0.387. The number of hydrazone groups is 1. The Morgan fingerprint density at radius 2 is 1.62 bits per heavy atom. The summed E-state index contributed by atoms with van der Waals surface area (Å²) in [5, 5.41) is 5.84. The van der Waals surface area contributed by atoms with Crippen LogP contribution in [0.1, 0.15) is 37.0 Å². The van der Waals surface area contributed by atoms with Crippen molar-refractivity contribution < 1.29 is 14.3 Å². The molecule has 0 aliphatic rings. The highest BCUT2D eigenvalue weighted by Gasteiger charge is 2.09. The second-order valence-electron chi connectivity index (χ2n) is 7.13. The number of amides is 1. The van der Waals surface area contributed by atoms with Gasteiger partial charge in [0.15, 0.2) is 0 Å². The van der Waals surface area contributed by atoms with Crippen LogP contribution in [0.2, 0.25) is 0 Å². The fourth-order valence-corrected chi connectivity index (χ4v) is 3.84. The molecule has 1 N–H and O–H groups in total. The second-order valence-corrected chi connectivity index (χ2v) is 8.08. The first-order valence-electron chi connectivity index (χ1n) is 9.96. The Hall–Kier alpha value is -3.97. The Morgan fingerprint density at radius 3 is 2.25 bits per heavy atom. The van der Waals surface area contributed by atoms with Crippen molar-refractivity contribution in [3.05, 3.63) is 106 Å². The maximum Gasteiger partial charge on any atom is 0.353 e. The highest BCUT2D eigenvalue weighted by molar-refractivity contribution is 7.12. The molecular formula is C25H21N3O3S. The molecule has 32 heavy (non-hydrogen) atoms. The standard InChI is InChI=1S/C25H21N3O3S/c1-17-5-6-18(2)28(17)21-11-9-20(10-12-21)24(29)27-26-16-19-7-13-22(14-8-19)31-25(30)23-4-3-15-32-23/h3-16H,1-2H3,(H,27,29). The zero-order valence-corrected chi connectivity index (χ0v) is 18.4. The number of benzene rings is 2. The fraction of sp³-hybridized carbons (Fsp3) is 0.0800. The topological polar surface area (TPSA) is 72.7 Å². The van der Waals surface area contributed by atoms with Crippen LogP contribution < -0.4 is 10.2 Å². The summed E-state index contributed by atoms with van der Waals surface area (Å²) in [5.41, 5.74) is 7.08. The molecule has 0 bridgehead atoms. The first-order chi connectivity index (χ1) is 15.5. The van der Waals surface area contributed by atoms with Crippen LogP contribution in [-0.2, 0) is 0 Å². The van der Waals surface area contributed by atoms with Gasteiger partial charge in [-0.2, -0.15) is 5.10 Å². The average Bonchev–Trinajstić information content (AvgIpc) is 3.45. The molecule has 6 nitrogen and oxygen atoms in total. The van der Waals surface area contributed by atoms with Crippen molar-refractivity contribution in [1.29, 1.82) is 0 Å². The van der Waals surface area contributed by atoms with Gasteiger partial charge in [0, 0.05) is 22.6 Å². The number of nitrogens with one attached hydrogen (secondary N) is 1. The van der Waals surface area contributed by atoms with E-state index in [4.69, 9.17) is 4.74 Å². The molecule has 4 rings (SSSR count). The quantitative estimate of drug-likeness (QED) is 0.194. The van der Waals surface area contributed by atoms with Crippen LogP contribution in [-0.4, -0.2) is 22.7 Å². The molecular weight excluding hydrogens is 422 g/mol. The van der Waals surface area contributed by atoms with Crippen LogP contribution in [0, 0.1) is 13.8 Å². The van der Waals surface area contributed by atoms with E-state index in [1.165, 1.54) is 17.6 Å². The van der Waals surface area contributed by atoms with Crippen molar-refractivity contribution >= 4 is 29.4 Å². The lowest BCUT2D eigenvalue weighted by atomic mass is 10.2. The highest BCUT2D eigenvalue weighted by Crippen LogP contribution is 2.18. The molecule has 7 heteroatoms. The first kappa shape index (κ1) is 21.3. The zero-order chi connectivity index (χ0) is 22.5. The normalized spacial score (nSPS) is 10.9. The number of hydrogen-bond acceptors (Lipinski definition) is 5. The summed E-state index contributed by atoms with van der Waals surface area (Å²) < 4.78 is 7.45. The summed E-state index contributed by atoms with van der Waals surface area (Å²) in [6.45, 7) is 4.09. The SMILES string of the molecule is Cc1ccc(C)n1-c1ccc(C(=O)NN=Cc2ccc(OC(=O)c3cccs3)cc2)cc1. The van der Waals surface area contributed by atoms with Gasteiger partial charge in [-0.15, -0.1) is 11.3 Å². The number of hydrogen-bond donors (Lipinski definition) is 1. The van der Waals surface area contributed by atoms with Gasteiger partial charge in [-0.05, 0) is 91.5 Å². The summed E-state index contributed by atoms with van der Waals surface area (Å²) in [7, 11) is 0. The Kier molecular flexibility index (Phi) is 6.28. The van der Waals surface area contributed by atoms with Crippen LogP contribution in [0.25, 0.3) is 5.69 Å². The minimum Gasteiger partial charge on any atom is -0.422 e. The lowest BCUT2D eigenvalue weighted by Crippen LogP contribution is -2.17. The Balaban J connectivity index is 1.33. The van der Waals surface area contributed by atoms with Crippen LogP contribution in [0.15, 0.2) is 83.3 Å². The van der Waals surface area contributed by atoms with E-state index in [9.17, 15) is 9.59 Å². The van der Waals surface area contributed by atoms with Crippen molar-refractivity contribution in [2.24, 2.45) is 5.10 Å². The van der Waals surface area contributed by atoms with Crippen LogP contribution in [0.4, 0.5) is 0 Å². The van der Waals surface area contributed by atoms with Crippen molar-refractivity contribution in [1.82, 2.24) is 9.99 Å². The maximum absolute atomic E-state index is 12.4. The maximum atomic E-state index is 12.4. The van der Waals surface area contributed by atoms with E-state index in [2.05, 4.69) is 27.2 Å². The number of carbonyl (C=O) groups is 2. The molecule has 0 aliphatic carbocycles. The molecule has 4 aromatic rings. The molecule has 0 unspecified atom stereocenters. The van der Waals surface area contributed by atoms with Gasteiger partial charge in [0.25, 0.3) is 5.91 Å². The van der Waals surface area contributed by atoms with E-state index < -0.39 is 0 Å². The van der Waals surface area contributed by atoms with Gasteiger partial charge in [-0.1, -0.05) is 6.07 Å². The Morgan fingerprint density at radius 1 is 0.938 bits per heavy atom. The van der Waals surface area contributed by atoms with Crippen molar-refractivity contribution in [3.8, 4) is 11.4 Å². The number of rotatable bonds is 6. The van der Waals surface area contributed by atoms with E-state index >= 15 is 0 Å². The third kappa shape index (κ3) is 4.84. The van der Waals surface area contributed by atoms with E-state index in [1.54, 1.807) is 48.5 Å². The molecule has 0 saturated carbocycles. The van der Waals surface area contributed by atoms with Gasteiger partial charge in [-0.25, -0.2) is 10.2 Å². The lowest BCUT2D eigenvalue weighted by molar-refractivity contribution is 0.0739. The third-order valence-corrected chi connectivity index (χ3v) is 5.70. The number of nitrogens with zero attached hydrogens (tertiary/aromatic N) is 2. The van der Waals surface area contributed by atoms with Gasteiger partial charge >= 0.3 is 5.97 Å². The molecule has 0 radical (unpaired) electrons. The fourth-order valence-electron chi connectivity index (χ4n) is 3.24. The predicted octanol–water partition coefficient (Wildman–Crippen LogP) is 5.14. The van der Waals surface area contributed by atoms with Gasteiger partial charge < -0.3 is 9.30 Å². The van der Waals surface area contributed by atoms with Crippen LogP contribution in [0.5, 0.6) is 5.75 Å². The molecule has 2 aromatic carbocycles. The van der Waals surface area contributed by atoms with E-state index in [0.717, 1.165) is 22.6 Å². The average molecular weight is 444 g/mol. The second kappa shape index (κ2) is 9.45. The molecule has 0 saturated heterocycles. The molecule has 160 valence electrons. The molecule has 0 spiro atoms. The number of carbonyl (C=O) groups excluding carboxylic acids is 2. The first-order valence-corrected chi connectivity index (χ1v) is 10.8. The van der Waals surface area contributed by atoms with Gasteiger partial charge in [0.2, 0.25) is 0 Å². The summed E-state index contributed by atoms with van der Waals surface area (Å²) in [6.07, 6.45) is 1.53. The number of aryl methyl sites for hydroxylation is 2. The van der Waals surface area contributed by atoms with Crippen LogP contribution in [0.3, 0.4) is 0 Å². The summed E-state index contributed by atoms with van der Waals surface area (Å²) in [5.74, 6) is -0.241. The van der Waals surface area contributed by atoms with Crippen molar-refractivity contribution in [2.75, 3.05) is 0 Å². The molecule has 1 amide bonds. The highest BCUT2D eigenvalue weighted by atomic mass is 32.1. The van der Waals surface area contributed by atoms with Gasteiger partial charge in [-0.3, -0.25) is 4.79 Å². The summed E-state index contributed by atoms with van der Waals surface area (Å²) in [4.78, 5) is 24.9. The number of aromatic nitrogens is 1. The smallest absolute Gasteiger partial charge is 0.353 e. The molecule has 0 atom stereocenters. The summed E-state index contributed by atoms with van der Waals surface area (Å²) in [6, 6.07) is 21.9. The van der Waals surface area contributed by atoms with E-state index in [1.807, 2.05) is 31.4 Å². The molecule has 0 fully saturated rings. The number of esters is 1. The Labute approximate surface area is 189 Å². The summed E-state index contributed by atoms with van der Waals surface area (Å²) >= 11 is 1.33. The van der Waals surface area contributed by atoms with Crippen LogP contribution >= 0.6 is 11.3 Å². The largest absolute Gasteiger partial charge is 0.422 e. The number of ether oxygens (including phenoxy) is 1. The molecule has 0 aliphatic heterocycles. The van der Waals surface area contributed by atoms with Crippen molar-refractivity contribution in [3.63, 3.8) is 0 Å². The number of thiophene rings is 1. The molecule has 2 heterocycles. The third-order valence-electron chi connectivity index (χ3n) is 4.85. The molecule has 2 aromatic heterocycles.